The number of nitrogens with one attached hydrogen (secondary N) is 1. The van der Waals surface area contributed by atoms with E-state index in [2.05, 4.69) is 15.6 Å². The minimum atomic E-state index is -0.634. The number of fused-ring (bicyclic) bond motifs is 1. The normalized spacial score (nSPS) is 17.3. The fourth-order valence-electron chi connectivity index (χ4n) is 2.37. The Labute approximate surface area is 127 Å². The molecule has 118 valence electrons. The van der Waals surface area contributed by atoms with Crippen molar-refractivity contribution in [2.45, 2.75) is 13.1 Å². The van der Waals surface area contributed by atoms with Crippen LogP contribution in [0.5, 0.6) is 0 Å². The molecule has 3 rings (SSSR count). The van der Waals surface area contributed by atoms with Gasteiger partial charge in [0.1, 0.15) is 11.0 Å². The number of morpholine rings is 1. The summed E-state index contributed by atoms with van der Waals surface area (Å²) in [6, 6.07) is 7.53. The van der Waals surface area contributed by atoms with Crippen LogP contribution in [0.4, 0.5) is 0 Å². The number of aromatic nitrogens is 3. The third kappa shape index (κ3) is 3.18. The van der Waals surface area contributed by atoms with Crippen molar-refractivity contribution in [3.63, 3.8) is 0 Å². The lowest BCUT2D eigenvalue weighted by molar-refractivity contribution is -0.150. The van der Waals surface area contributed by atoms with E-state index in [1.54, 1.807) is 6.92 Å². The Morgan fingerprint density at radius 3 is 2.55 bits per heavy atom. The predicted octanol–water partition coefficient (Wildman–Crippen LogP) is 0.196. The Morgan fingerprint density at radius 1 is 1.32 bits per heavy atom. The van der Waals surface area contributed by atoms with Crippen LogP contribution >= 0.6 is 0 Å². The van der Waals surface area contributed by atoms with Crippen LogP contribution in [0.2, 0.25) is 0 Å². The number of carbonyl (C=O) groups is 1. The van der Waals surface area contributed by atoms with Crippen LogP contribution in [-0.2, 0) is 14.3 Å². The van der Waals surface area contributed by atoms with Crippen LogP contribution in [0.1, 0.15) is 6.92 Å². The maximum Gasteiger partial charge on any atom is 0.345 e. The van der Waals surface area contributed by atoms with Crippen molar-refractivity contribution in [3.8, 4) is 0 Å². The first kappa shape index (κ1) is 14.7. The molecule has 1 N–H and O–H groups in total. The number of nitrogens with zero attached hydrogens (tertiary/aromatic N) is 4. The lowest BCUT2D eigenvalue weighted by atomic mass is 10.3. The lowest BCUT2D eigenvalue weighted by Gasteiger charge is -2.32. The van der Waals surface area contributed by atoms with Crippen molar-refractivity contribution in [2.75, 3.05) is 38.3 Å². The van der Waals surface area contributed by atoms with Crippen LogP contribution in [0.25, 0.3) is 11.0 Å². The molecule has 22 heavy (non-hydrogen) atoms. The van der Waals surface area contributed by atoms with Gasteiger partial charge in [0.15, 0.2) is 6.17 Å². The largest absolute Gasteiger partial charge is 0.463 e. The Bertz CT molecular complexity index is 605. The quantitative estimate of drug-likeness (QED) is 0.790. The molecule has 1 aliphatic rings. The van der Waals surface area contributed by atoms with Gasteiger partial charge < -0.3 is 9.47 Å². The second-order valence-corrected chi connectivity index (χ2v) is 4.91. The smallest absolute Gasteiger partial charge is 0.345 e. The minimum absolute atomic E-state index is 0.329. The predicted molar refractivity (Wildman–Crippen MR) is 79.7 cm³/mol. The summed E-state index contributed by atoms with van der Waals surface area (Å²) >= 11 is 0. The second-order valence-electron chi connectivity index (χ2n) is 4.91. The lowest BCUT2D eigenvalue weighted by Crippen LogP contribution is -2.54. The molecular weight excluding hydrogens is 286 g/mol. The number of esters is 1. The number of benzene rings is 1. The van der Waals surface area contributed by atoms with E-state index in [9.17, 15) is 4.79 Å². The molecule has 0 spiro atoms. The van der Waals surface area contributed by atoms with Gasteiger partial charge >= 0.3 is 5.97 Å². The summed E-state index contributed by atoms with van der Waals surface area (Å²) in [5.74, 6) is -0.342. The SMILES string of the molecule is CCOC(=O)C(Nn1nc2ccccc2n1)N1CCOCC1. The molecule has 1 unspecified atom stereocenters. The van der Waals surface area contributed by atoms with Gasteiger partial charge in [-0.3, -0.25) is 10.3 Å². The highest BCUT2D eigenvalue weighted by molar-refractivity contribution is 5.77. The number of ether oxygens (including phenoxy) is 2. The minimum Gasteiger partial charge on any atom is -0.463 e. The van der Waals surface area contributed by atoms with Gasteiger partial charge in [-0.1, -0.05) is 17.0 Å². The number of hydrogen-bond donors (Lipinski definition) is 1. The molecule has 0 bridgehead atoms. The molecule has 0 aliphatic carbocycles. The monoisotopic (exact) mass is 305 g/mol. The summed E-state index contributed by atoms with van der Waals surface area (Å²) in [7, 11) is 0. The Morgan fingerprint density at radius 2 is 1.95 bits per heavy atom. The van der Waals surface area contributed by atoms with Crippen LogP contribution in [0.3, 0.4) is 0 Å². The molecule has 1 aromatic carbocycles. The summed E-state index contributed by atoms with van der Waals surface area (Å²) in [5, 5.41) is 8.64. The van der Waals surface area contributed by atoms with E-state index >= 15 is 0 Å². The third-order valence-electron chi connectivity index (χ3n) is 3.45. The average Bonchev–Trinajstić information content (AvgIpc) is 2.96. The molecule has 1 aromatic heterocycles. The zero-order valence-corrected chi connectivity index (χ0v) is 12.4. The van der Waals surface area contributed by atoms with E-state index in [1.165, 1.54) is 4.91 Å². The van der Waals surface area contributed by atoms with E-state index in [4.69, 9.17) is 9.47 Å². The summed E-state index contributed by atoms with van der Waals surface area (Å²) in [4.78, 5) is 15.5. The summed E-state index contributed by atoms with van der Waals surface area (Å²) < 4.78 is 10.5. The van der Waals surface area contributed by atoms with Gasteiger partial charge in [-0.2, -0.15) is 0 Å². The molecule has 8 heteroatoms. The highest BCUT2D eigenvalue weighted by atomic mass is 16.5. The van der Waals surface area contributed by atoms with Crippen molar-refractivity contribution in [2.24, 2.45) is 0 Å². The van der Waals surface area contributed by atoms with E-state index in [0.29, 0.717) is 32.9 Å². The van der Waals surface area contributed by atoms with E-state index in [0.717, 1.165) is 11.0 Å². The Kier molecular flexibility index (Phi) is 4.50. The van der Waals surface area contributed by atoms with Crippen molar-refractivity contribution in [3.05, 3.63) is 24.3 Å². The summed E-state index contributed by atoms with van der Waals surface area (Å²) in [5.41, 5.74) is 4.54. The van der Waals surface area contributed by atoms with Gasteiger partial charge in [0.05, 0.1) is 19.8 Å². The molecular formula is C14H19N5O3. The molecule has 1 aliphatic heterocycles. The van der Waals surface area contributed by atoms with Gasteiger partial charge in [0, 0.05) is 13.1 Å². The van der Waals surface area contributed by atoms with Crippen molar-refractivity contribution < 1.29 is 14.3 Å². The van der Waals surface area contributed by atoms with Crippen LogP contribution in [0, 0.1) is 0 Å². The maximum atomic E-state index is 12.2. The third-order valence-corrected chi connectivity index (χ3v) is 3.45. The Hall–Kier alpha value is -2.19. The van der Waals surface area contributed by atoms with E-state index < -0.39 is 6.17 Å². The van der Waals surface area contributed by atoms with Crippen molar-refractivity contribution >= 4 is 17.0 Å². The van der Waals surface area contributed by atoms with Gasteiger partial charge in [-0.05, 0) is 19.1 Å². The van der Waals surface area contributed by atoms with Gasteiger partial charge in [0.2, 0.25) is 0 Å². The average molecular weight is 305 g/mol. The van der Waals surface area contributed by atoms with E-state index in [1.807, 2.05) is 29.2 Å². The summed E-state index contributed by atoms with van der Waals surface area (Å²) in [6.07, 6.45) is -0.634. The second kappa shape index (κ2) is 6.71. The molecule has 0 amide bonds. The molecule has 0 radical (unpaired) electrons. The topological polar surface area (TPSA) is 81.5 Å². The number of rotatable bonds is 5. The zero-order chi connectivity index (χ0) is 15.4. The molecule has 0 saturated carbocycles. The molecule has 1 saturated heterocycles. The van der Waals surface area contributed by atoms with Crippen LogP contribution < -0.4 is 5.43 Å². The van der Waals surface area contributed by atoms with E-state index in [-0.39, 0.29) is 5.97 Å². The van der Waals surface area contributed by atoms with Crippen molar-refractivity contribution in [1.82, 2.24) is 20.0 Å². The van der Waals surface area contributed by atoms with Gasteiger partial charge in [-0.15, -0.1) is 10.2 Å². The molecule has 2 aromatic rings. The molecule has 1 fully saturated rings. The van der Waals surface area contributed by atoms with Crippen LogP contribution in [0.15, 0.2) is 24.3 Å². The van der Waals surface area contributed by atoms with Gasteiger partial charge in [0.25, 0.3) is 0 Å². The summed E-state index contributed by atoms with van der Waals surface area (Å²) in [6.45, 7) is 4.59. The van der Waals surface area contributed by atoms with Crippen molar-refractivity contribution in [1.29, 1.82) is 0 Å². The Balaban J connectivity index is 1.80. The standard InChI is InChI=1S/C14H19N5O3/c1-2-22-14(20)13(18-7-9-21-10-8-18)17-19-15-11-5-3-4-6-12(11)16-19/h3-6,13,17H,2,7-10H2,1H3. The number of hydrogen-bond acceptors (Lipinski definition) is 7. The molecule has 1 atom stereocenters. The first-order chi connectivity index (χ1) is 10.8. The van der Waals surface area contributed by atoms with Gasteiger partial charge in [-0.25, -0.2) is 4.79 Å². The fourth-order valence-corrected chi connectivity index (χ4v) is 2.37. The molecule has 8 nitrogen and oxygen atoms in total. The highest BCUT2D eigenvalue weighted by Gasteiger charge is 2.29. The fraction of sp³-hybridized carbons (Fsp3) is 0.500. The number of carbonyl (C=O) groups excluding carboxylic acids is 1. The van der Waals surface area contributed by atoms with Crippen LogP contribution in [-0.4, -0.2) is 65.0 Å². The zero-order valence-electron chi connectivity index (χ0n) is 12.4. The molecule has 2 heterocycles. The first-order valence-electron chi connectivity index (χ1n) is 7.35. The first-order valence-corrected chi connectivity index (χ1v) is 7.35. The highest BCUT2D eigenvalue weighted by Crippen LogP contribution is 2.08. The maximum absolute atomic E-state index is 12.2.